The lowest BCUT2D eigenvalue weighted by atomic mass is 10.2. The second-order valence-electron chi connectivity index (χ2n) is 3.44. The van der Waals surface area contributed by atoms with Crippen LogP contribution in [0, 0.1) is 12.7 Å². The Bertz CT molecular complexity index is 562. The summed E-state index contributed by atoms with van der Waals surface area (Å²) in [4.78, 5) is 7.77. The van der Waals surface area contributed by atoms with Gasteiger partial charge in [-0.25, -0.2) is 14.4 Å². The topological polar surface area (TPSA) is 37.8 Å². The van der Waals surface area contributed by atoms with E-state index in [1.807, 2.05) is 13.0 Å². The van der Waals surface area contributed by atoms with Crippen LogP contribution in [0.2, 0.25) is 5.15 Å². The van der Waals surface area contributed by atoms with Crippen LogP contribution < -0.4 is 5.32 Å². The van der Waals surface area contributed by atoms with Gasteiger partial charge in [0.05, 0.1) is 10.2 Å². The van der Waals surface area contributed by atoms with Crippen molar-refractivity contribution in [2.45, 2.75) is 6.92 Å². The van der Waals surface area contributed by atoms with E-state index in [1.54, 1.807) is 6.07 Å². The van der Waals surface area contributed by atoms with E-state index in [-0.39, 0.29) is 11.0 Å². The molecule has 0 aliphatic heterocycles. The molecule has 0 unspecified atom stereocenters. The minimum Gasteiger partial charge on any atom is -0.337 e. The number of rotatable bonds is 2. The third-order valence-electron chi connectivity index (χ3n) is 2.12. The molecule has 6 heteroatoms. The van der Waals surface area contributed by atoms with Gasteiger partial charge in [-0.15, -0.1) is 0 Å². The molecule has 2 aromatic rings. The Morgan fingerprint density at radius 1 is 1.35 bits per heavy atom. The highest BCUT2D eigenvalue weighted by molar-refractivity contribution is 9.10. The minimum atomic E-state index is -0.341. The van der Waals surface area contributed by atoms with Crippen LogP contribution >= 0.6 is 27.5 Å². The van der Waals surface area contributed by atoms with Crippen molar-refractivity contribution in [2.75, 3.05) is 5.32 Å². The summed E-state index contributed by atoms with van der Waals surface area (Å²) in [6.07, 6.45) is 1.31. The number of halogens is 3. The van der Waals surface area contributed by atoms with E-state index in [0.717, 1.165) is 5.56 Å². The lowest BCUT2D eigenvalue weighted by Gasteiger charge is -2.09. The second kappa shape index (κ2) is 4.98. The number of hydrogen-bond acceptors (Lipinski definition) is 3. The number of aromatic nitrogens is 2. The van der Waals surface area contributed by atoms with Crippen molar-refractivity contribution in [3.63, 3.8) is 0 Å². The van der Waals surface area contributed by atoms with E-state index in [9.17, 15) is 4.39 Å². The van der Waals surface area contributed by atoms with Gasteiger partial charge in [0.15, 0.2) is 0 Å². The average molecular weight is 317 g/mol. The van der Waals surface area contributed by atoms with Gasteiger partial charge in [0.1, 0.15) is 23.1 Å². The number of nitrogens with one attached hydrogen (secondary N) is 1. The molecule has 0 saturated heterocycles. The first-order valence-electron chi connectivity index (χ1n) is 4.77. The lowest BCUT2D eigenvalue weighted by Crippen LogP contribution is -1.98. The molecule has 0 fully saturated rings. The summed E-state index contributed by atoms with van der Waals surface area (Å²) in [5.74, 6) is 0.0828. The summed E-state index contributed by atoms with van der Waals surface area (Å²) < 4.78 is 14.1. The fourth-order valence-corrected chi connectivity index (χ4v) is 1.72. The van der Waals surface area contributed by atoms with Crippen molar-refractivity contribution in [3.8, 4) is 0 Å². The molecular weight excluding hydrogens is 308 g/mol. The molecule has 0 saturated carbocycles. The zero-order chi connectivity index (χ0) is 12.4. The average Bonchev–Trinajstić information content (AvgIpc) is 2.28. The fourth-order valence-electron chi connectivity index (χ4n) is 1.28. The number of aryl methyl sites for hydroxylation is 1. The molecule has 0 radical (unpaired) electrons. The smallest absolute Gasteiger partial charge is 0.149 e. The number of anilines is 2. The monoisotopic (exact) mass is 315 g/mol. The maximum Gasteiger partial charge on any atom is 0.149 e. The molecule has 88 valence electrons. The Hall–Kier alpha value is -1.20. The van der Waals surface area contributed by atoms with Crippen molar-refractivity contribution in [1.82, 2.24) is 9.97 Å². The number of benzene rings is 1. The summed E-state index contributed by atoms with van der Waals surface area (Å²) in [6.45, 7) is 1.82. The predicted octanol–water partition coefficient (Wildman–Crippen LogP) is 4.08. The van der Waals surface area contributed by atoms with Crippen LogP contribution in [-0.4, -0.2) is 9.97 Å². The van der Waals surface area contributed by atoms with Gasteiger partial charge in [0.25, 0.3) is 0 Å². The van der Waals surface area contributed by atoms with Crippen molar-refractivity contribution in [3.05, 3.63) is 45.5 Å². The Morgan fingerprint density at radius 2 is 2.12 bits per heavy atom. The summed E-state index contributed by atoms with van der Waals surface area (Å²) >= 11 is 9.05. The third kappa shape index (κ3) is 2.73. The highest BCUT2D eigenvalue weighted by Gasteiger charge is 2.09. The molecule has 0 bridgehead atoms. The fraction of sp³-hybridized carbons (Fsp3) is 0.0909. The largest absolute Gasteiger partial charge is 0.337 e. The molecule has 0 aliphatic rings. The van der Waals surface area contributed by atoms with Gasteiger partial charge < -0.3 is 5.32 Å². The first-order chi connectivity index (χ1) is 8.08. The minimum absolute atomic E-state index is 0.273. The van der Waals surface area contributed by atoms with E-state index >= 15 is 0 Å². The van der Waals surface area contributed by atoms with Gasteiger partial charge in [-0.1, -0.05) is 17.7 Å². The highest BCUT2D eigenvalue weighted by atomic mass is 79.9. The van der Waals surface area contributed by atoms with E-state index < -0.39 is 0 Å². The third-order valence-corrected chi connectivity index (χ3v) is 3.39. The normalized spacial score (nSPS) is 10.4. The Kier molecular flexibility index (Phi) is 3.59. The van der Waals surface area contributed by atoms with Crippen LogP contribution in [0.15, 0.2) is 29.0 Å². The van der Waals surface area contributed by atoms with Crippen LogP contribution in [0.25, 0.3) is 0 Å². The molecule has 1 heterocycles. The van der Waals surface area contributed by atoms with Crippen LogP contribution in [0.3, 0.4) is 0 Å². The van der Waals surface area contributed by atoms with Crippen molar-refractivity contribution in [2.24, 2.45) is 0 Å². The van der Waals surface area contributed by atoms with Crippen molar-refractivity contribution in [1.29, 1.82) is 0 Å². The standard InChI is InChI=1S/C11H8BrClFN3/c1-6-2-3-8(7(14)4-6)17-11-9(12)10(13)15-5-16-11/h2-5H,1H3,(H,15,16,17). The van der Waals surface area contributed by atoms with Crippen molar-refractivity contribution < 1.29 is 4.39 Å². The van der Waals surface area contributed by atoms with Gasteiger partial charge in [-0.2, -0.15) is 0 Å². The molecule has 3 nitrogen and oxygen atoms in total. The van der Waals surface area contributed by atoms with Gasteiger partial charge in [0, 0.05) is 0 Å². The Balaban J connectivity index is 2.35. The molecule has 1 N–H and O–H groups in total. The summed E-state index contributed by atoms with van der Waals surface area (Å²) in [5.41, 5.74) is 1.19. The molecule has 2 rings (SSSR count). The van der Waals surface area contributed by atoms with Crippen molar-refractivity contribution >= 4 is 39.0 Å². The molecule has 1 aromatic heterocycles. The van der Waals surface area contributed by atoms with Crippen LogP contribution in [0.4, 0.5) is 15.9 Å². The van der Waals surface area contributed by atoms with Crippen LogP contribution in [0.1, 0.15) is 5.56 Å². The Morgan fingerprint density at radius 3 is 2.82 bits per heavy atom. The van der Waals surface area contributed by atoms with Gasteiger partial charge in [-0.3, -0.25) is 0 Å². The predicted molar refractivity (Wildman–Crippen MR) is 69.2 cm³/mol. The molecule has 0 amide bonds. The van der Waals surface area contributed by atoms with Crippen LogP contribution in [-0.2, 0) is 0 Å². The zero-order valence-corrected chi connectivity index (χ0v) is 11.2. The lowest BCUT2D eigenvalue weighted by molar-refractivity contribution is 0.630. The highest BCUT2D eigenvalue weighted by Crippen LogP contribution is 2.29. The quantitative estimate of drug-likeness (QED) is 0.848. The Labute approximate surface area is 111 Å². The van der Waals surface area contributed by atoms with E-state index in [2.05, 4.69) is 31.2 Å². The molecular formula is C11H8BrClFN3. The molecule has 17 heavy (non-hydrogen) atoms. The first kappa shape index (κ1) is 12.3. The molecule has 1 aromatic carbocycles. The molecule has 0 atom stereocenters. The van der Waals surface area contributed by atoms with Gasteiger partial charge in [0.2, 0.25) is 0 Å². The van der Waals surface area contributed by atoms with Crippen LogP contribution in [0.5, 0.6) is 0 Å². The second-order valence-corrected chi connectivity index (χ2v) is 4.59. The summed E-state index contributed by atoms with van der Waals surface area (Å²) in [6, 6.07) is 4.90. The number of hydrogen-bond donors (Lipinski definition) is 1. The van der Waals surface area contributed by atoms with Gasteiger partial charge in [-0.05, 0) is 40.5 Å². The SMILES string of the molecule is Cc1ccc(Nc2ncnc(Cl)c2Br)c(F)c1. The summed E-state index contributed by atoms with van der Waals surface area (Å²) in [7, 11) is 0. The number of nitrogens with zero attached hydrogens (tertiary/aromatic N) is 2. The molecule has 0 aliphatic carbocycles. The molecule has 0 spiro atoms. The first-order valence-corrected chi connectivity index (χ1v) is 5.94. The maximum absolute atomic E-state index is 13.6. The summed E-state index contributed by atoms with van der Waals surface area (Å²) in [5, 5.41) is 3.12. The van der Waals surface area contributed by atoms with E-state index in [1.165, 1.54) is 12.4 Å². The van der Waals surface area contributed by atoms with E-state index in [0.29, 0.717) is 16.0 Å². The van der Waals surface area contributed by atoms with Gasteiger partial charge >= 0.3 is 0 Å². The zero-order valence-electron chi connectivity index (χ0n) is 8.84. The van der Waals surface area contributed by atoms with E-state index in [4.69, 9.17) is 11.6 Å². The maximum atomic E-state index is 13.6.